The Kier molecular flexibility index (Phi) is 3.00. The highest BCUT2D eigenvalue weighted by atomic mass is 35.5. The van der Waals surface area contributed by atoms with E-state index < -0.39 is 11.9 Å². The van der Waals surface area contributed by atoms with Crippen molar-refractivity contribution in [1.82, 2.24) is 4.98 Å². The van der Waals surface area contributed by atoms with E-state index in [2.05, 4.69) is 4.98 Å². The van der Waals surface area contributed by atoms with Gasteiger partial charge in [0.1, 0.15) is 11.9 Å². The van der Waals surface area contributed by atoms with Crippen molar-refractivity contribution in [3.63, 3.8) is 0 Å². The Labute approximate surface area is 95.0 Å². The second kappa shape index (κ2) is 4.26. The van der Waals surface area contributed by atoms with Crippen molar-refractivity contribution in [3.05, 3.63) is 51.2 Å². The fourth-order valence-corrected chi connectivity index (χ4v) is 1.97. The summed E-state index contributed by atoms with van der Waals surface area (Å²) in [6.07, 6.45) is -1.03. The molecular formula is C10H7ClFNOS. The summed E-state index contributed by atoms with van der Waals surface area (Å²) in [5.41, 5.74) is 2.22. The summed E-state index contributed by atoms with van der Waals surface area (Å²) in [5, 5.41) is 11.8. The molecule has 0 aliphatic heterocycles. The van der Waals surface area contributed by atoms with Crippen molar-refractivity contribution in [2.45, 2.75) is 6.10 Å². The number of benzene rings is 1. The van der Waals surface area contributed by atoms with Gasteiger partial charge in [-0.2, -0.15) is 0 Å². The van der Waals surface area contributed by atoms with E-state index in [4.69, 9.17) is 11.6 Å². The van der Waals surface area contributed by atoms with Crippen molar-refractivity contribution in [2.24, 2.45) is 0 Å². The van der Waals surface area contributed by atoms with E-state index in [1.165, 1.54) is 29.5 Å². The van der Waals surface area contributed by atoms with E-state index in [0.29, 0.717) is 10.7 Å². The summed E-state index contributed by atoms with van der Waals surface area (Å²) in [5.74, 6) is -0.525. The molecule has 0 radical (unpaired) electrons. The van der Waals surface area contributed by atoms with E-state index >= 15 is 0 Å². The van der Waals surface area contributed by atoms with Gasteiger partial charge in [0.15, 0.2) is 0 Å². The molecule has 5 heteroatoms. The first kappa shape index (κ1) is 10.5. The lowest BCUT2D eigenvalue weighted by Crippen LogP contribution is -2.02. The van der Waals surface area contributed by atoms with Crippen LogP contribution in [0, 0.1) is 5.82 Å². The lowest BCUT2D eigenvalue weighted by atomic mass is 10.1. The molecule has 0 fully saturated rings. The van der Waals surface area contributed by atoms with E-state index in [-0.39, 0.29) is 5.56 Å². The number of thiazole rings is 1. The fourth-order valence-electron chi connectivity index (χ4n) is 1.24. The summed E-state index contributed by atoms with van der Waals surface area (Å²) < 4.78 is 13.4. The zero-order chi connectivity index (χ0) is 10.8. The van der Waals surface area contributed by atoms with Crippen LogP contribution in [0.25, 0.3) is 0 Å². The maximum atomic E-state index is 13.4. The van der Waals surface area contributed by atoms with Gasteiger partial charge in [-0.3, -0.25) is 0 Å². The van der Waals surface area contributed by atoms with Crippen molar-refractivity contribution in [3.8, 4) is 0 Å². The maximum absolute atomic E-state index is 13.4. The standard InChI is InChI=1S/C10H7ClFNOS/c11-6-1-2-7(8(12)3-6)10(14)9-4-15-5-13-9/h1-5,10,14H. The van der Waals surface area contributed by atoms with Gasteiger partial charge in [0.05, 0.1) is 11.2 Å². The molecule has 2 aromatic rings. The minimum absolute atomic E-state index is 0.185. The predicted molar refractivity (Wildman–Crippen MR) is 57.6 cm³/mol. The van der Waals surface area contributed by atoms with Crippen LogP contribution in [-0.4, -0.2) is 10.1 Å². The first-order valence-corrected chi connectivity index (χ1v) is 5.51. The third kappa shape index (κ3) is 2.17. The first-order valence-electron chi connectivity index (χ1n) is 4.19. The third-order valence-corrected chi connectivity index (χ3v) is 2.83. The van der Waals surface area contributed by atoms with Crippen LogP contribution in [0.2, 0.25) is 5.02 Å². The molecule has 1 N–H and O–H groups in total. The van der Waals surface area contributed by atoms with E-state index in [1.807, 2.05) is 0 Å². The molecule has 0 amide bonds. The van der Waals surface area contributed by atoms with Crippen LogP contribution in [0.3, 0.4) is 0 Å². The van der Waals surface area contributed by atoms with Crippen LogP contribution in [-0.2, 0) is 0 Å². The van der Waals surface area contributed by atoms with E-state index in [0.717, 1.165) is 0 Å². The van der Waals surface area contributed by atoms with Gasteiger partial charge in [0.25, 0.3) is 0 Å². The van der Waals surface area contributed by atoms with Crippen LogP contribution in [0.5, 0.6) is 0 Å². The molecule has 1 heterocycles. The first-order chi connectivity index (χ1) is 7.18. The number of aliphatic hydroxyl groups is 1. The minimum atomic E-state index is -1.03. The van der Waals surface area contributed by atoms with Gasteiger partial charge >= 0.3 is 0 Å². The molecule has 78 valence electrons. The molecule has 0 saturated heterocycles. The molecule has 15 heavy (non-hydrogen) atoms. The highest BCUT2D eigenvalue weighted by Gasteiger charge is 2.16. The number of aliphatic hydroxyl groups excluding tert-OH is 1. The molecule has 0 aliphatic carbocycles. The Morgan fingerprint density at radius 3 is 2.87 bits per heavy atom. The lowest BCUT2D eigenvalue weighted by molar-refractivity contribution is 0.211. The van der Waals surface area contributed by atoms with E-state index in [9.17, 15) is 9.50 Å². The Bertz CT molecular complexity index is 460. The molecule has 1 aromatic carbocycles. The minimum Gasteiger partial charge on any atom is -0.382 e. The quantitative estimate of drug-likeness (QED) is 0.880. The summed E-state index contributed by atoms with van der Waals surface area (Å²) in [6.45, 7) is 0. The number of rotatable bonds is 2. The van der Waals surface area contributed by atoms with Crippen LogP contribution < -0.4 is 0 Å². The molecule has 1 unspecified atom stereocenters. The van der Waals surface area contributed by atoms with Gasteiger partial charge in [-0.25, -0.2) is 9.37 Å². The summed E-state index contributed by atoms with van der Waals surface area (Å²) >= 11 is 6.96. The number of aromatic nitrogens is 1. The molecule has 2 nitrogen and oxygen atoms in total. The van der Waals surface area contributed by atoms with Crippen molar-refractivity contribution < 1.29 is 9.50 Å². The Morgan fingerprint density at radius 1 is 1.47 bits per heavy atom. The second-order valence-corrected chi connectivity index (χ2v) is 4.14. The van der Waals surface area contributed by atoms with Crippen molar-refractivity contribution >= 4 is 22.9 Å². The van der Waals surface area contributed by atoms with Gasteiger partial charge in [-0.15, -0.1) is 11.3 Å². The molecule has 1 aromatic heterocycles. The van der Waals surface area contributed by atoms with Gasteiger partial charge in [-0.1, -0.05) is 17.7 Å². The lowest BCUT2D eigenvalue weighted by Gasteiger charge is -2.09. The molecule has 2 rings (SSSR count). The highest BCUT2D eigenvalue weighted by Crippen LogP contribution is 2.25. The van der Waals surface area contributed by atoms with Crippen LogP contribution in [0.1, 0.15) is 17.4 Å². The molecule has 0 saturated carbocycles. The second-order valence-electron chi connectivity index (χ2n) is 2.98. The van der Waals surface area contributed by atoms with Crippen LogP contribution in [0.15, 0.2) is 29.1 Å². The third-order valence-electron chi connectivity index (χ3n) is 1.99. The van der Waals surface area contributed by atoms with Crippen LogP contribution in [0.4, 0.5) is 4.39 Å². The SMILES string of the molecule is OC(c1cscn1)c1ccc(Cl)cc1F. The van der Waals surface area contributed by atoms with Crippen molar-refractivity contribution in [1.29, 1.82) is 0 Å². The summed E-state index contributed by atoms with van der Waals surface area (Å²) in [4.78, 5) is 3.92. The van der Waals surface area contributed by atoms with Crippen LogP contribution >= 0.6 is 22.9 Å². The van der Waals surface area contributed by atoms with Gasteiger partial charge < -0.3 is 5.11 Å². The van der Waals surface area contributed by atoms with Crippen molar-refractivity contribution in [2.75, 3.05) is 0 Å². The average Bonchev–Trinajstić information content (AvgIpc) is 2.69. The summed E-state index contributed by atoms with van der Waals surface area (Å²) in [6, 6.07) is 4.17. The Hall–Kier alpha value is -0.970. The molecular weight excluding hydrogens is 237 g/mol. The average molecular weight is 244 g/mol. The Balaban J connectivity index is 2.38. The Morgan fingerprint density at radius 2 is 2.27 bits per heavy atom. The number of nitrogens with zero attached hydrogens (tertiary/aromatic N) is 1. The number of hydrogen-bond donors (Lipinski definition) is 1. The zero-order valence-electron chi connectivity index (χ0n) is 7.52. The highest BCUT2D eigenvalue weighted by molar-refractivity contribution is 7.07. The number of hydrogen-bond acceptors (Lipinski definition) is 3. The normalized spacial score (nSPS) is 12.7. The van der Waals surface area contributed by atoms with Gasteiger partial charge in [0.2, 0.25) is 0 Å². The largest absolute Gasteiger partial charge is 0.382 e. The smallest absolute Gasteiger partial charge is 0.130 e. The molecule has 0 aliphatic rings. The molecule has 1 atom stereocenters. The zero-order valence-corrected chi connectivity index (χ0v) is 9.10. The molecule has 0 spiro atoms. The monoisotopic (exact) mass is 243 g/mol. The van der Waals surface area contributed by atoms with Gasteiger partial charge in [0, 0.05) is 16.0 Å². The van der Waals surface area contributed by atoms with Gasteiger partial charge in [-0.05, 0) is 12.1 Å². The maximum Gasteiger partial charge on any atom is 0.130 e. The predicted octanol–water partition coefficient (Wildman–Crippen LogP) is 3.02. The fraction of sp³-hybridized carbons (Fsp3) is 0.100. The van der Waals surface area contributed by atoms with E-state index in [1.54, 1.807) is 10.9 Å². The molecule has 0 bridgehead atoms. The summed E-state index contributed by atoms with van der Waals surface area (Å²) in [7, 11) is 0. The topological polar surface area (TPSA) is 33.1 Å². The number of halogens is 2.